The van der Waals surface area contributed by atoms with Crippen molar-refractivity contribution >= 4 is 26.7 Å². The fourth-order valence-corrected chi connectivity index (χ4v) is 5.10. The van der Waals surface area contributed by atoms with Crippen molar-refractivity contribution in [3.63, 3.8) is 0 Å². The Kier molecular flexibility index (Phi) is 5.88. The van der Waals surface area contributed by atoms with E-state index in [4.69, 9.17) is 0 Å². The summed E-state index contributed by atoms with van der Waals surface area (Å²) in [5, 5.41) is 0. The molecule has 3 rings (SSSR count). The Balaban J connectivity index is 1.84. The number of amidine groups is 1. The molecule has 0 spiro atoms. The van der Waals surface area contributed by atoms with Crippen molar-refractivity contribution in [1.29, 1.82) is 0 Å². The summed E-state index contributed by atoms with van der Waals surface area (Å²) in [7, 11) is -3.84. The number of rotatable bonds is 3. The number of hydrogen-bond acceptors (Lipinski definition) is 4. The molecule has 28 heavy (non-hydrogen) atoms. The van der Waals surface area contributed by atoms with Crippen LogP contribution in [-0.4, -0.2) is 56.1 Å². The van der Waals surface area contributed by atoms with E-state index in [9.17, 15) is 17.6 Å². The molecule has 0 saturated carbocycles. The van der Waals surface area contributed by atoms with Gasteiger partial charge in [-0.15, -0.1) is 4.40 Å². The molecule has 1 aromatic carbocycles. The lowest BCUT2D eigenvalue weighted by molar-refractivity contribution is -0.134. The first-order valence-electron chi connectivity index (χ1n) is 9.60. The zero-order chi connectivity index (χ0) is 20.5. The lowest BCUT2D eigenvalue weighted by Crippen LogP contribution is -2.39. The number of halogens is 1. The molecule has 1 saturated heterocycles. The molecule has 0 bridgehead atoms. The van der Waals surface area contributed by atoms with Gasteiger partial charge in [-0.1, -0.05) is 26.0 Å². The van der Waals surface area contributed by atoms with Gasteiger partial charge in [0.05, 0.1) is 0 Å². The molecule has 0 aromatic heterocycles. The van der Waals surface area contributed by atoms with Gasteiger partial charge >= 0.3 is 0 Å². The average molecular weight is 408 g/mol. The minimum atomic E-state index is -3.84. The molecule has 2 heterocycles. The predicted molar refractivity (Wildman–Crippen MR) is 108 cm³/mol. The third-order valence-corrected chi connectivity index (χ3v) is 6.86. The van der Waals surface area contributed by atoms with Crippen molar-refractivity contribution < 1.29 is 17.6 Å². The zero-order valence-electron chi connectivity index (χ0n) is 16.5. The number of carbonyl (C=O) groups excluding carboxylic acids is 1. The maximum Gasteiger partial charge on any atom is 0.285 e. The quantitative estimate of drug-likeness (QED) is 0.773. The van der Waals surface area contributed by atoms with Crippen molar-refractivity contribution in [2.45, 2.75) is 33.6 Å². The normalized spacial score (nSPS) is 20.8. The number of nitrogens with zero attached hydrogens (tertiary/aromatic N) is 3. The average Bonchev–Trinajstić information content (AvgIpc) is 2.83. The van der Waals surface area contributed by atoms with Crippen LogP contribution in [0.15, 0.2) is 34.2 Å². The van der Waals surface area contributed by atoms with E-state index in [1.807, 2.05) is 23.6 Å². The second-order valence-electron chi connectivity index (χ2n) is 7.33. The fourth-order valence-electron chi connectivity index (χ4n) is 3.62. The molecule has 0 unspecified atom stereocenters. The van der Waals surface area contributed by atoms with E-state index in [0.717, 1.165) is 12.8 Å². The van der Waals surface area contributed by atoms with Crippen molar-refractivity contribution in [3.8, 4) is 0 Å². The van der Waals surface area contributed by atoms with Gasteiger partial charge in [0.15, 0.2) is 0 Å². The number of hydrogen-bond donors (Lipinski definition) is 0. The van der Waals surface area contributed by atoms with Gasteiger partial charge in [0.25, 0.3) is 10.0 Å². The van der Waals surface area contributed by atoms with E-state index in [2.05, 4.69) is 4.40 Å². The lowest BCUT2D eigenvalue weighted by Gasteiger charge is -2.25. The van der Waals surface area contributed by atoms with Gasteiger partial charge < -0.3 is 9.80 Å². The van der Waals surface area contributed by atoms with Crippen LogP contribution < -0.4 is 0 Å². The summed E-state index contributed by atoms with van der Waals surface area (Å²) in [5.74, 6) is 0.140. The van der Waals surface area contributed by atoms with Crippen molar-refractivity contribution in [1.82, 2.24) is 9.80 Å². The summed E-state index contributed by atoms with van der Waals surface area (Å²) in [6.07, 6.45) is 1.55. The summed E-state index contributed by atoms with van der Waals surface area (Å²) >= 11 is 0. The highest BCUT2D eigenvalue weighted by atomic mass is 32.2. The van der Waals surface area contributed by atoms with Crippen LogP contribution in [-0.2, 0) is 14.8 Å². The summed E-state index contributed by atoms with van der Waals surface area (Å²) < 4.78 is 42.6. The Morgan fingerprint density at radius 3 is 2.50 bits per heavy atom. The summed E-state index contributed by atoms with van der Waals surface area (Å²) in [4.78, 5) is 16.4. The smallest absolute Gasteiger partial charge is 0.285 e. The Morgan fingerprint density at radius 1 is 1.18 bits per heavy atom. The monoisotopic (exact) mass is 407 g/mol. The summed E-state index contributed by atoms with van der Waals surface area (Å²) in [6.45, 7) is 8.03. The van der Waals surface area contributed by atoms with E-state index in [1.165, 1.54) is 24.3 Å². The maximum absolute atomic E-state index is 13.2. The van der Waals surface area contributed by atoms with Crippen molar-refractivity contribution in [3.05, 3.63) is 41.2 Å². The molecule has 152 valence electrons. The Hall–Kier alpha value is -2.22. The van der Waals surface area contributed by atoms with E-state index >= 15 is 0 Å². The van der Waals surface area contributed by atoms with Gasteiger partial charge in [0.1, 0.15) is 16.6 Å². The van der Waals surface area contributed by atoms with Crippen LogP contribution in [0, 0.1) is 11.7 Å². The molecule has 0 N–H and O–H groups in total. The molecule has 1 atom stereocenters. The molecule has 6 nitrogen and oxygen atoms in total. The number of sulfonamides is 1. The van der Waals surface area contributed by atoms with E-state index in [1.54, 1.807) is 6.92 Å². The number of carbonyl (C=O) groups is 1. The van der Waals surface area contributed by atoms with E-state index in [-0.39, 0.29) is 16.7 Å². The van der Waals surface area contributed by atoms with Crippen LogP contribution in [0.25, 0.3) is 4.91 Å². The number of benzene rings is 1. The molecule has 1 fully saturated rings. The summed E-state index contributed by atoms with van der Waals surface area (Å²) in [5.41, 5.74) is 0.995. The molecule has 0 aliphatic carbocycles. The Labute approximate surface area is 165 Å². The first-order chi connectivity index (χ1) is 13.2. The van der Waals surface area contributed by atoms with Gasteiger partial charge in [-0.3, -0.25) is 4.79 Å². The van der Waals surface area contributed by atoms with E-state index in [0.29, 0.717) is 43.2 Å². The SMILES string of the molecule is CC[C@@H](C)C(=O)N1CCCN(C2=NS(=O)(=O)C(c3ccc(F)cc3)=C2C)CC1. The van der Waals surface area contributed by atoms with Crippen LogP contribution in [0.5, 0.6) is 0 Å². The van der Waals surface area contributed by atoms with Crippen LogP contribution >= 0.6 is 0 Å². The highest BCUT2D eigenvalue weighted by Crippen LogP contribution is 2.33. The highest BCUT2D eigenvalue weighted by Gasteiger charge is 2.34. The second-order valence-corrected chi connectivity index (χ2v) is 8.87. The third kappa shape index (κ3) is 3.97. The molecule has 8 heteroatoms. The van der Waals surface area contributed by atoms with Gasteiger partial charge in [0, 0.05) is 37.7 Å². The predicted octanol–water partition coefficient (Wildman–Crippen LogP) is 2.88. The minimum absolute atomic E-state index is 0.0116. The Morgan fingerprint density at radius 2 is 1.86 bits per heavy atom. The highest BCUT2D eigenvalue weighted by molar-refractivity contribution is 8.00. The first kappa shape index (κ1) is 20.5. The Bertz CT molecular complexity index is 923. The van der Waals surface area contributed by atoms with E-state index < -0.39 is 15.8 Å². The molecule has 1 aromatic rings. The standard InChI is InChI=1S/C20H26FN3O3S/c1-4-14(2)20(25)24-11-5-10-23(12-13-24)19-15(3)18(28(26,27)22-19)16-6-8-17(21)9-7-16/h6-9,14H,4-5,10-13H2,1-3H3/t14-/m1/s1. The second kappa shape index (κ2) is 8.03. The molecular weight excluding hydrogens is 381 g/mol. The van der Waals surface area contributed by atoms with Crippen LogP contribution in [0.2, 0.25) is 0 Å². The molecule has 1 amide bonds. The molecule has 0 radical (unpaired) electrons. The van der Waals surface area contributed by atoms with Gasteiger partial charge in [0.2, 0.25) is 5.91 Å². The lowest BCUT2D eigenvalue weighted by atomic mass is 10.1. The summed E-state index contributed by atoms with van der Waals surface area (Å²) in [6, 6.07) is 5.40. The maximum atomic E-state index is 13.2. The van der Waals surface area contributed by atoms with Gasteiger partial charge in [-0.2, -0.15) is 8.42 Å². The van der Waals surface area contributed by atoms with Crippen molar-refractivity contribution in [2.75, 3.05) is 26.2 Å². The zero-order valence-corrected chi connectivity index (χ0v) is 17.3. The van der Waals surface area contributed by atoms with Crippen molar-refractivity contribution in [2.24, 2.45) is 10.3 Å². The molecular formula is C20H26FN3O3S. The topological polar surface area (TPSA) is 70.1 Å². The van der Waals surface area contributed by atoms with Crippen LogP contribution in [0.4, 0.5) is 4.39 Å². The van der Waals surface area contributed by atoms with Gasteiger partial charge in [-0.05, 0) is 37.5 Å². The first-order valence-corrected chi connectivity index (χ1v) is 11.0. The van der Waals surface area contributed by atoms with Crippen LogP contribution in [0.1, 0.15) is 39.2 Å². The third-order valence-electron chi connectivity index (χ3n) is 5.39. The largest absolute Gasteiger partial charge is 0.354 e. The van der Waals surface area contributed by atoms with Gasteiger partial charge in [-0.25, -0.2) is 4.39 Å². The molecule has 2 aliphatic heterocycles. The molecule has 2 aliphatic rings. The minimum Gasteiger partial charge on any atom is -0.354 e. The van der Waals surface area contributed by atoms with Crippen LogP contribution in [0.3, 0.4) is 0 Å². The number of amides is 1. The fraction of sp³-hybridized carbons (Fsp3) is 0.500.